The number of hydrogen-bond donors (Lipinski definition) is 0. The van der Waals surface area contributed by atoms with Crippen molar-refractivity contribution in [1.29, 1.82) is 0 Å². The number of piperidine rings is 1. The van der Waals surface area contributed by atoms with Crippen LogP contribution in [0.25, 0.3) is 0 Å². The fourth-order valence-electron chi connectivity index (χ4n) is 3.43. The molecule has 0 N–H and O–H groups in total. The van der Waals surface area contributed by atoms with Crippen LogP contribution in [0.15, 0.2) is 6.20 Å². The van der Waals surface area contributed by atoms with Crippen LogP contribution in [0.1, 0.15) is 55.7 Å². The molecule has 168 valence electrons. The average Bonchev–Trinajstić information content (AvgIpc) is 3.13. The molecule has 0 spiro atoms. The first kappa shape index (κ1) is 23.7. The van der Waals surface area contributed by atoms with E-state index in [1.54, 1.807) is 6.92 Å². The third-order valence-corrected chi connectivity index (χ3v) is 4.90. The number of aromatic nitrogens is 2. The summed E-state index contributed by atoms with van der Waals surface area (Å²) < 4.78 is 46.3. The van der Waals surface area contributed by atoms with Crippen molar-refractivity contribution in [2.75, 3.05) is 33.3 Å². The zero-order chi connectivity index (χ0) is 22.6. The van der Waals surface area contributed by atoms with Gasteiger partial charge in [0.05, 0.1) is 30.8 Å². The molecule has 30 heavy (non-hydrogen) atoms. The number of ether oxygens (including phenoxy) is 1. The largest absolute Gasteiger partial charge is 0.466 e. The summed E-state index contributed by atoms with van der Waals surface area (Å²) in [6.07, 6.45) is -2.69. The molecule has 1 unspecified atom stereocenters. The van der Waals surface area contributed by atoms with Gasteiger partial charge in [0.2, 0.25) is 5.91 Å². The fourth-order valence-corrected chi connectivity index (χ4v) is 3.43. The van der Waals surface area contributed by atoms with Crippen molar-refractivity contribution >= 4 is 17.8 Å². The van der Waals surface area contributed by atoms with Crippen LogP contribution in [0.4, 0.5) is 13.2 Å². The monoisotopic (exact) mass is 432 g/mol. The maximum Gasteiger partial charge on any atom is 0.433 e. The number of rotatable bonds is 6. The maximum atomic E-state index is 13.5. The van der Waals surface area contributed by atoms with Crippen molar-refractivity contribution < 1.29 is 32.3 Å². The molecule has 1 fully saturated rings. The highest BCUT2D eigenvalue weighted by Gasteiger charge is 2.41. The van der Waals surface area contributed by atoms with Gasteiger partial charge in [-0.05, 0) is 33.6 Å². The number of carbonyl (C=O) groups is 3. The van der Waals surface area contributed by atoms with Crippen LogP contribution in [0.3, 0.4) is 0 Å². The van der Waals surface area contributed by atoms with Crippen molar-refractivity contribution in [2.24, 2.45) is 5.92 Å². The van der Waals surface area contributed by atoms with Crippen LogP contribution < -0.4 is 0 Å². The number of amides is 2. The van der Waals surface area contributed by atoms with Crippen molar-refractivity contribution in [3.63, 3.8) is 0 Å². The number of carbonyl (C=O) groups excluding carboxylic acids is 3. The molecule has 0 aromatic carbocycles. The van der Waals surface area contributed by atoms with E-state index in [0.29, 0.717) is 19.4 Å². The molecular formula is C19H27F3N4O4. The Morgan fingerprint density at radius 1 is 1.33 bits per heavy atom. The Kier molecular flexibility index (Phi) is 7.49. The molecule has 2 amide bonds. The van der Waals surface area contributed by atoms with Crippen LogP contribution in [-0.4, -0.2) is 70.7 Å². The molecule has 0 bridgehead atoms. The number of esters is 1. The summed E-state index contributed by atoms with van der Waals surface area (Å²) in [6.45, 7) is 5.17. The minimum atomic E-state index is -4.77. The Morgan fingerprint density at radius 3 is 2.57 bits per heavy atom. The van der Waals surface area contributed by atoms with E-state index in [4.69, 9.17) is 4.74 Å². The summed E-state index contributed by atoms with van der Waals surface area (Å²) in [5.74, 6) is -2.20. The molecular weight excluding hydrogens is 405 g/mol. The van der Waals surface area contributed by atoms with Gasteiger partial charge in [-0.2, -0.15) is 18.3 Å². The first-order valence-corrected chi connectivity index (χ1v) is 9.81. The van der Waals surface area contributed by atoms with Crippen LogP contribution in [0.2, 0.25) is 0 Å². The molecule has 1 aromatic rings. The second-order valence-electron chi connectivity index (χ2n) is 7.54. The molecule has 1 atom stereocenters. The number of nitrogens with zero attached hydrogens (tertiary/aromatic N) is 4. The van der Waals surface area contributed by atoms with E-state index in [-0.39, 0.29) is 19.1 Å². The van der Waals surface area contributed by atoms with E-state index in [1.807, 2.05) is 0 Å². The zero-order valence-corrected chi connectivity index (χ0v) is 17.5. The molecule has 1 aliphatic heterocycles. The van der Waals surface area contributed by atoms with Gasteiger partial charge in [0.1, 0.15) is 0 Å². The molecule has 0 saturated carbocycles. The van der Waals surface area contributed by atoms with Gasteiger partial charge in [-0.15, -0.1) is 0 Å². The predicted molar refractivity (Wildman–Crippen MR) is 101 cm³/mol. The predicted octanol–water partition coefficient (Wildman–Crippen LogP) is 2.36. The second kappa shape index (κ2) is 9.48. The molecule has 2 heterocycles. The molecule has 11 heteroatoms. The summed E-state index contributed by atoms with van der Waals surface area (Å²) in [5, 5.41) is 3.70. The molecule has 1 aromatic heterocycles. The van der Waals surface area contributed by atoms with Crippen molar-refractivity contribution in [2.45, 2.75) is 45.8 Å². The van der Waals surface area contributed by atoms with E-state index in [1.165, 1.54) is 25.8 Å². The molecule has 1 aliphatic rings. The van der Waals surface area contributed by atoms with Crippen LogP contribution in [-0.2, 0) is 20.5 Å². The molecule has 2 rings (SSSR count). The van der Waals surface area contributed by atoms with Gasteiger partial charge in [0, 0.05) is 26.2 Å². The number of likely N-dealkylation sites (N-methyl/N-ethyl adjacent to an activating group) is 1. The lowest BCUT2D eigenvalue weighted by Gasteiger charge is -2.32. The number of likely N-dealkylation sites (tertiary alicyclic amines) is 1. The molecule has 8 nitrogen and oxygen atoms in total. The summed E-state index contributed by atoms with van der Waals surface area (Å²) in [7, 11) is 1.26. The van der Waals surface area contributed by atoms with Gasteiger partial charge in [0.15, 0.2) is 5.69 Å². The van der Waals surface area contributed by atoms with E-state index < -0.39 is 47.8 Å². The lowest BCUT2D eigenvalue weighted by atomic mass is 9.98. The Labute approximate surface area is 172 Å². The number of halogens is 3. The summed E-state index contributed by atoms with van der Waals surface area (Å²) in [4.78, 5) is 39.6. The minimum Gasteiger partial charge on any atom is -0.466 e. The van der Waals surface area contributed by atoms with Gasteiger partial charge in [-0.25, -0.2) is 0 Å². The first-order chi connectivity index (χ1) is 14.0. The first-order valence-electron chi connectivity index (χ1n) is 9.81. The Hall–Kier alpha value is -2.59. The highest BCUT2D eigenvalue weighted by molar-refractivity contribution is 5.97. The van der Waals surface area contributed by atoms with Gasteiger partial charge in [0.25, 0.3) is 5.91 Å². The Morgan fingerprint density at radius 2 is 2.00 bits per heavy atom. The van der Waals surface area contributed by atoms with Gasteiger partial charge in [-0.1, -0.05) is 0 Å². The molecule has 0 radical (unpaired) electrons. The lowest BCUT2D eigenvalue weighted by Crippen LogP contribution is -2.47. The number of hydrogen-bond acceptors (Lipinski definition) is 5. The van der Waals surface area contributed by atoms with E-state index in [2.05, 4.69) is 5.10 Å². The van der Waals surface area contributed by atoms with Gasteiger partial charge < -0.3 is 14.5 Å². The summed E-state index contributed by atoms with van der Waals surface area (Å²) in [5.41, 5.74) is -1.74. The highest BCUT2D eigenvalue weighted by Crippen LogP contribution is 2.34. The second-order valence-corrected chi connectivity index (χ2v) is 7.54. The SMILES string of the molecule is CCOC(=O)C1CCCN(C(=O)CN(C)C(=O)c2cnn(C(C)C)c2C(F)(F)F)C1. The summed E-state index contributed by atoms with van der Waals surface area (Å²) >= 11 is 0. The van der Waals surface area contributed by atoms with Crippen LogP contribution >= 0.6 is 0 Å². The van der Waals surface area contributed by atoms with Crippen molar-refractivity contribution in [3.05, 3.63) is 17.5 Å². The molecule has 1 saturated heterocycles. The van der Waals surface area contributed by atoms with E-state index >= 15 is 0 Å². The van der Waals surface area contributed by atoms with Gasteiger partial charge in [-0.3, -0.25) is 19.1 Å². The fraction of sp³-hybridized carbons (Fsp3) is 0.684. The normalized spacial score (nSPS) is 17.2. The smallest absolute Gasteiger partial charge is 0.433 e. The lowest BCUT2D eigenvalue weighted by molar-refractivity contribution is -0.151. The van der Waals surface area contributed by atoms with Crippen molar-refractivity contribution in [3.8, 4) is 0 Å². The van der Waals surface area contributed by atoms with Crippen LogP contribution in [0, 0.1) is 5.92 Å². The van der Waals surface area contributed by atoms with E-state index in [9.17, 15) is 27.6 Å². The van der Waals surface area contributed by atoms with Gasteiger partial charge >= 0.3 is 12.1 Å². The topological polar surface area (TPSA) is 84.7 Å². The van der Waals surface area contributed by atoms with Crippen LogP contribution in [0.5, 0.6) is 0 Å². The Balaban J connectivity index is 2.11. The quantitative estimate of drug-likeness (QED) is 0.645. The Bertz CT molecular complexity index is 791. The minimum absolute atomic E-state index is 0.165. The third kappa shape index (κ3) is 5.31. The number of alkyl halides is 3. The zero-order valence-electron chi connectivity index (χ0n) is 17.5. The average molecular weight is 432 g/mol. The van der Waals surface area contributed by atoms with Crippen molar-refractivity contribution in [1.82, 2.24) is 19.6 Å². The highest BCUT2D eigenvalue weighted by atomic mass is 19.4. The van der Waals surface area contributed by atoms with E-state index in [0.717, 1.165) is 15.8 Å². The molecule has 0 aliphatic carbocycles. The third-order valence-electron chi connectivity index (χ3n) is 4.90. The maximum absolute atomic E-state index is 13.5. The summed E-state index contributed by atoms with van der Waals surface area (Å²) in [6, 6.07) is -0.594. The standard InChI is InChI=1S/C19H27F3N4O4/c1-5-30-18(29)13-7-6-8-25(10-13)15(27)11-24(4)17(28)14-9-23-26(12(2)3)16(14)19(20,21)22/h9,12-13H,5-8,10-11H2,1-4H3.